The van der Waals surface area contributed by atoms with Crippen LogP contribution in [0.4, 0.5) is 17.1 Å². The molecule has 0 fully saturated rings. The van der Waals surface area contributed by atoms with Gasteiger partial charge in [-0.1, -0.05) is 182 Å². The van der Waals surface area contributed by atoms with Crippen LogP contribution in [0.15, 0.2) is 217 Å². The van der Waals surface area contributed by atoms with Crippen LogP contribution >= 0.6 is 0 Å². The van der Waals surface area contributed by atoms with Crippen molar-refractivity contribution in [3.05, 3.63) is 235 Å². The third-order valence-electron chi connectivity index (χ3n) is 13.1. The maximum atomic E-state index is 6.98. The Balaban J connectivity index is 1.10. The second-order valence-electron chi connectivity index (χ2n) is 15.9. The van der Waals surface area contributed by atoms with Crippen LogP contribution in [-0.4, -0.2) is 0 Å². The third-order valence-corrected chi connectivity index (χ3v) is 13.1. The van der Waals surface area contributed by atoms with Crippen molar-refractivity contribution < 1.29 is 4.42 Å². The zero-order valence-electron chi connectivity index (χ0n) is 32.1. The molecule has 11 aromatic rings. The summed E-state index contributed by atoms with van der Waals surface area (Å²) in [6.45, 7) is 0. The first-order valence-electron chi connectivity index (χ1n) is 20.4. The Hall–Kier alpha value is -7.68. The van der Waals surface area contributed by atoms with Crippen molar-refractivity contribution in [2.45, 2.75) is 5.41 Å². The van der Waals surface area contributed by atoms with E-state index in [1.165, 1.54) is 60.7 Å². The van der Waals surface area contributed by atoms with Gasteiger partial charge < -0.3 is 9.32 Å². The van der Waals surface area contributed by atoms with Crippen LogP contribution in [0, 0.1) is 0 Å². The Labute approximate surface area is 341 Å². The molecule has 0 aliphatic heterocycles. The van der Waals surface area contributed by atoms with E-state index >= 15 is 0 Å². The molecule has 1 heterocycles. The minimum Gasteiger partial charge on any atom is -0.455 e. The van der Waals surface area contributed by atoms with Gasteiger partial charge in [-0.15, -0.1) is 0 Å². The number of benzene rings is 10. The summed E-state index contributed by atoms with van der Waals surface area (Å²) in [5.41, 5.74) is 17.3. The molecule has 2 heteroatoms. The molecule has 2 aliphatic carbocycles. The Morgan fingerprint density at radius 2 is 0.797 bits per heavy atom. The van der Waals surface area contributed by atoms with Gasteiger partial charge in [0.1, 0.15) is 11.2 Å². The van der Waals surface area contributed by atoms with E-state index < -0.39 is 5.41 Å². The first-order chi connectivity index (χ1) is 29.3. The predicted molar refractivity (Wildman–Crippen MR) is 245 cm³/mol. The summed E-state index contributed by atoms with van der Waals surface area (Å²) >= 11 is 0. The minimum absolute atomic E-state index is 0.457. The average Bonchev–Trinajstić information content (AvgIpc) is 3.94. The number of rotatable bonds is 4. The van der Waals surface area contributed by atoms with Crippen LogP contribution in [-0.2, 0) is 5.41 Å². The second kappa shape index (κ2) is 12.2. The molecule has 0 saturated heterocycles. The maximum absolute atomic E-state index is 6.98. The number of fused-ring (bicyclic) bond motifs is 16. The van der Waals surface area contributed by atoms with Crippen molar-refractivity contribution in [1.29, 1.82) is 0 Å². The summed E-state index contributed by atoms with van der Waals surface area (Å²) in [4.78, 5) is 2.48. The molecule has 0 radical (unpaired) electrons. The molecule has 0 unspecified atom stereocenters. The standard InChI is InChI=1S/C57H35NO/c1-3-18-39-36(15-1)17-13-30-53(39)58(54-29-12-8-23-45(54)46-24-14-25-47-48-33-31-37-16-2-4-19-40(37)55(48)59-56(46)47)38-32-34-44-43-22-7-11-28-51(43)57(52(44)35-38)49-26-9-5-20-41(49)42-21-6-10-27-50(42)57/h1-35H. The van der Waals surface area contributed by atoms with Crippen LogP contribution in [0.5, 0.6) is 0 Å². The fraction of sp³-hybridized carbons (Fsp3) is 0.0175. The van der Waals surface area contributed by atoms with Crippen molar-refractivity contribution in [3.8, 4) is 33.4 Å². The van der Waals surface area contributed by atoms with Gasteiger partial charge >= 0.3 is 0 Å². The van der Waals surface area contributed by atoms with Gasteiger partial charge in [-0.05, 0) is 85.6 Å². The Morgan fingerprint density at radius 3 is 1.53 bits per heavy atom. The number of hydrogen-bond acceptors (Lipinski definition) is 2. The molecular formula is C57H35NO. The molecule has 0 N–H and O–H groups in total. The summed E-state index contributed by atoms with van der Waals surface area (Å²) in [7, 11) is 0. The second-order valence-corrected chi connectivity index (χ2v) is 15.9. The van der Waals surface area contributed by atoms with E-state index in [1.54, 1.807) is 0 Å². The molecule has 2 nitrogen and oxygen atoms in total. The monoisotopic (exact) mass is 749 g/mol. The lowest BCUT2D eigenvalue weighted by atomic mass is 9.70. The van der Waals surface area contributed by atoms with Crippen molar-refractivity contribution in [2.75, 3.05) is 4.90 Å². The van der Waals surface area contributed by atoms with E-state index in [-0.39, 0.29) is 0 Å². The third kappa shape index (κ3) is 4.35. The van der Waals surface area contributed by atoms with Gasteiger partial charge in [0.15, 0.2) is 0 Å². The summed E-state index contributed by atoms with van der Waals surface area (Å²) in [6, 6.07) is 78.0. The Bertz CT molecular complexity index is 3470. The van der Waals surface area contributed by atoms with Crippen LogP contribution in [0.2, 0.25) is 0 Å². The SMILES string of the molecule is c1ccc(N(c2ccc3c(c2)C2(c4ccccc4-c4ccccc42)c2ccccc2-3)c2cccc3ccccc23)c(-c2cccc3c2oc2c4ccccc4ccc32)c1. The lowest BCUT2D eigenvalue weighted by molar-refractivity contribution is 0.674. The molecule has 59 heavy (non-hydrogen) atoms. The number of anilines is 3. The molecule has 0 saturated carbocycles. The van der Waals surface area contributed by atoms with Crippen LogP contribution in [0.3, 0.4) is 0 Å². The first-order valence-corrected chi connectivity index (χ1v) is 20.4. The number of para-hydroxylation sites is 2. The van der Waals surface area contributed by atoms with E-state index in [9.17, 15) is 0 Å². The summed E-state index contributed by atoms with van der Waals surface area (Å²) in [6.07, 6.45) is 0. The molecule has 274 valence electrons. The molecule has 1 spiro atoms. The van der Waals surface area contributed by atoms with Gasteiger partial charge in [0.05, 0.1) is 16.8 Å². The Morgan fingerprint density at radius 1 is 0.305 bits per heavy atom. The number of hydrogen-bond donors (Lipinski definition) is 0. The minimum atomic E-state index is -0.457. The summed E-state index contributed by atoms with van der Waals surface area (Å²) in [5.74, 6) is 0. The van der Waals surface area contributed by atoms with Crippen molar-refractivity contribution in [1.82, 2.24) is 0 Å². The molecule has 2 aliphatic rings. The van der Waals surface area contributed by atoms with E-state index in [1.807, 2.05) is 0 Å². The maximum Gasteiger partial charge on any atom is 0.143 e. The van der Waals surface area contributed by atoms with Crippen molar-refractivity contribution >= 4 is 60.5 Å². The average molecular weight is 750 g/mol. The molecule has 0 atom stereocenters. The lowest BCUT2D eigenvalue weighted by Crippen LogP contribution is -2.26. The molecule has 13 rings (SSSR count). The van der Waals surface area contributed by atoms with Gasteiger partial charge in [-0.2, -0.15) is 0 Å². The zero-order chi connectivity index (χ0) is 38.7. The molecule has 0 amide bonds. The molecule has 0 bridgehead atoms. The highest BCUT2D eigenvalue weighted by Crippen LogP contribution is 2.63. The van der Waals surface area contributed by atoms with Gasteiger partial charge in [0, 0.05) is 38.4 Å². The fourth-order valence-corrected chi connectivity index (χ4v) is 10.7. The van der Waals surface area contributed by atoms with E-state index in [4.69, 9.17) is 4.42 Å². The summed E-state index contributed by atoms with van der Waals surface area (Å²) < 4.78 is 6.98. The highest BCUT2D eigenvalue weighted by molar-refractivity contribution is 6.18. The molecular weight excluding hydrogens is 715 g/mol. The normalized spacial score (nSPS) is 13.2. The highest BCUT2D eigenvalue weighted by atomic mass is 16.3. The topological polar surface area (TPSA) is 16.4 Å². The number of furan rings is 1. The van der Waals surface area contributed by atoms with Gasteiger partial charge in [-0.3, -0.25) is 0 Å². The largest absolute Gasteiger partial charge is 0.455 e. The molecule has 1 aromatic heterocycles. The summed E-state index contributed by atoms with van der Waals surface area (Å²) in [5, 5.41) is 6.93. The van der Waals surface area contributed by atoms with Crippen LogP contribution < -0.4 is 4.90 Å². The van der Waals surface area contributed by atoms with Gasteiger partial charge in [-0.25, -0.2) is 0 Å². The first kappa shape index (κ1) is 32.4. The quantitative estimate of drug-likeness (QED) is 0.178. The van der Waals surface area contributed by atoms with Crippen molar-refractivity contribution in [2.24, 2.45) is 0 Å². The van der Waals surface area contributed by atoms with E-state index in [2.05, 4.69) is 217 Å². The van der Waals surface area contributed by atoms with Crippen molar-refractivity contribution in [3.63, 3.8) is 0 Å². The zero-order valence-corrected chi connectivity index (χ0v) is 32.1. The lowest BCUT2D eigenvalue weighted by Gasteiger charge is -2.33. The van der Waals surface area contributed by atoms with Crippen LogP contribution in [0.25, 0.3) is 76.9 Å². The fourth-order valence-electron chi connectivity index (χ4n) is 10.7. The highest BCUT2D eigenvalue weighted by Gasteiger charge is 2.51. The van der Waals surface area contributed by atoms with Gasteiger partial charge in [0.25, 0.3) is 0 Å². The van der Waals surface area contributed by atoms with Gasteiger partial charge in [0.2, 0.25) is 0 Å². The smallest absolute Gasteiger partial charge is 0.143 e. The number of nitrogens with zero attached hydrogens (tertiary/aromatic N) is 1. The van der Waals surface area contributed by atoms with Crippen LogP contribution in [0.1, 0.15) is 22.3 Å². The Kier molecular flexibility index (Phi) is 6.68. The van der Waals surface area contributed by atoms with E-state index in [0.717, 1.165) is 55.5 Å². The van der Waals surface area contributed by atoms with E-state index in [0.29, 0.717) is 0 Å². The predicted octanol–water partition coefficient (Wildman–Crippen LogP) is 15.4. The molecule has 10 aromatic carbocycles.